The molecule has 136 valence electrons. The molecule has 0 fully saturated rings. The molecule has 8 heteroatoms. The molecule has 0 unspecified atom stereocenters. The Morgan fingerprint density at radius 3 is 2.74 bits per heavy atom. The van der Waals surface area contributed by atoms with Crippen LogP contribution in [0.4, 0.5) is 8.78 Å². The fourth-order valence-corrected chi connectivity index (χ4v) is 3.85. The first-order valence-corrected chi connectivity index (χ1v) is 9.13. The first-order valence-electron chi connectivity index (χ1n) is 7.94. The molecular formula is C19H12ClF2N3OS. The highest BCUT2D eigenvalue weighted by Crippen LogP contribution is 2.36. The van der Waals surface area contributed by atoms with Gasteiger partial charge in [-0.1, -0.05) is 23.7 Å². The number of benzene rings is 2. The molecule has 2 heterocycles. The Bertz CT molecular complexity index is 1130. The lowest BCUT2D eigenvalue weighted by Gasteiger charge is -2.07. The highest BCUT2D eigenvalue weighted by Gasteiger charge is 2.14. The van der Waals surface area contributed by atoms with Crippen LogP contribution in [0.2, 0.25) is 5.02 Å². The maximum absolute atomic E-state index is 12.4. The standard InChI is InChI=1S/C19H12ClF2N3OS/c1-10-5-13(17-14(6-10)25-16(9-23-17)26-19(21)22)18-24-8-15(27-18)11-3-2-4-12(20)7-11/h2-9,19H,1H3. The number of thiazole rings is 1. The second-order valence-corrected chi connectivity index (χ2v) is 7.27. The molecule has 0 spiro atoms. The van der Waals surface area contributed by atoms with Gasteiger partial charge in [-0.05, 0) is 42.3 Å². The van der Waals surface area contributed by atoms with Gasteiger partial charge in [0.25, 0.3) is 0 Å². The van der Waals surface area contributed by atoms with Crippen LogP contribution in [0.25, 0.3) is 32.0 Å². The summed E-state index contributed by atoms with van der Waals surface area (Å²) in [6.45, 7) is -1.04. The van der Waals surface area contributed by atoms with E-state index < -0.39 is 6.61 Å². The van der Waals surface area contributed by atoms with Crippen molar-refractivity contribution in [2.75, 3.05) is 0 Å². The van der Waals surface area contributed by atoms with Crippen molar-refractivity contribution < 1.29 is 13.5 Å². The van der Waals surface area contributed by atoms with Crippen LogP contribution in [0.3, 0.4) is 0 Å². The van der Waals surface area contributed by atoms with E-state index in [2.05, 4.69) is 19.7 Å². The van der Waals surface area contributed by atoms with Crippen molar-refractivity contribution in [3.63, 3.8) is 0 Å². The summed E-state index contributed by atoms with van der Waals surface area (Å²) in [4.78, 5) is 13.9. The highest BCUT2D eigenvalue weighted by atomic mass is 35.5. The summed E-state index contributed by atoms with van der Waals surface area (Å²) in [5, 5.41) is 1.41. The second-order valence-electron chi connectivity index (χ2n) is 5.81. The average Bonchev–Trinajstić information content (AvgIpc) is 3.10. The summed E-state index contributed by atoms with van der Waals surface area (Å²) < 4.78 is 29.2. The largest absolute Gasteiger partial charge is 0.415 e. The Kier molecular flexibility index (Phi) is 4.72. The van der Waals surface area contributed by atoms with E-state index in [9.17, 15) is 8.78 Å². The predicted octanol–water partition coefficient (Wildman–Crippen LogP) is 5.98. The molecule has 2 aromatic heterocycles. The highest BCUT2D eigenvalue weighted by molar-refractivity contribution is 7.18. The number of aromatic nitrogens is 3. The molecule has 0 aliphatic heterocycles. The quantitative estimate of drug-likeness (QED) is 0.420. The number of hydrogen-bond donors (Lipinski definition) is 0. The summed E-state index contributed by atoms with van der Waals surface area (Å²) in [6, 6.07) is 11.3. The van der Waals surface area contributed by atoms with Gasteiger partial charge in [0.2, 0.25) is 5.88 Å². The number of nitrogens with zero attached hydrogens (tertiary/aromatic N) is 3. The third-order valence-electron chi connectivity index (χ3n) is 3.82. The number of aryl methyl sites for hydroxylation is 1. The zero-order chi connectivity index (χ0) is 19.0. The Labute approximate surface area is 162 Å². The minimum atomic E-state index is -2.94. The van der Waals surface area contributed by atoms with Crippen molar-refractivity contribution in [2.24, 2.45) is 0 Å². The first kappa shape index (κ1) is 17.8. The van der Waals surface area contributed by atoms with Crippen LogP contribution in [0.5, 0.6) is 5.88 Å². The zero-order valence-electron chi connectivity index (χ0n) is 14.0. The van der Waals surface area contributed by atoms with E-state index >= 15 is 0 Å². The Balaban J connectivity index is 1.79. The van der Waals surface area contributed by atoms with Crippen LogP contribution in [0.1, 0.15) is 5.56 Å². The van der Waals surface area contributed by atoms with Crippen LogP contribution in [-0.2, 0) is 0 Å². The van der Waals surface area contributed by atoms with Crippen LogP contribution < -0.4 is 4.74 Å². The van der Waals surface area contributed by atoms with Crippen LogP contribution >= 0.6 is 22.9 Å². The molecule has 0 N–H and O–H groups in total. The first-order chi connectivity index (χ1) is 13.0. The zero-order valence-corrected chi connectivity index (χ0v) is 15.6. The van der Waals surface area contributed by atoms with Gasteiger partial charge in [0.1, 0.15) is 5.01 Å². The van der Waals surface area contributed by atoms with Gasteiger partial charge in [0.15, 0.2) is 0 Å². The minimum Gasteiger partial charge on any atom is -0.415 e. The van der Waals surface area contributed by atoms with Crippen LogP contribution in [0, 0.1) is 6.92 Å². The van der Waals surface area contributed by atoms with Gasteiger partial charge in [0, 0.05) is 16.8 Å². The van der Waals surface area contributed by atoms with Gasteiger partial charge in [-0.2, -0.15) is 8.78 Å². The fourth-order valence-electron chi connectivity index (χ4n) is 2.73. The van der Waals surface area contributed by atoms with Gasteiger partial charge in [-0.15, -0.1) is 11.3 Å². The molecule has 0 radical (unpaired) electrons. The molecule has 0 saturated heterocycles. The van der Waals surface area contributed by atoms with Gasteiger partial charge >= 0.3 is 6.61 Å². The van der Waals surface area contributed by atoms with Crippen molar-refractivity contribution >= 4 is 34.0 Å². The summed E-state index contributed by atoms with van der Waals surface area (Å²) >= 11 is 7.57. The number of ether oxygens (including phenoxy) is 1. The topological polar surface area (TPSA) is 47.9 Å². The monoisotopic (exact) mass is 403 g/mol. The molecule has 2 aromatic carbocycles. The van der Waals surface area contributed by atoms with Crippen LogP contribution in [0.15, 0.2) is 48.8 Å². The molecule has 0 aliphatic rings. The second kappa shape index (κ2) is 7.17. The predicted molar refractivity (Wildman–Crippen MR) is 102 cm³/mol. The lowest BCUT2D eigenvalue weighted by molar-refractivity contribution is -0.0528. The third-order valence-corrected chi connectivity index (χ3v) is 5.14. The fraction of sp³-hybridized carbons (Fsp3) is 0.105. The van der Waals surface area contributed by atoms with Crippen molar-refractivity contribution in [1.29, 1.82) is 0 Å². The van der Waals surface area contributed by atoms with E-state index in [1.165, 1.54) is 17.5 Å². The van der Waals surface area contributed by atoms with Gasteiger partial charge < -0.3 is 4.74 Å². The van der Waals surface area contributed by atoms with E-state index in [0.29, 0.717) is 16.1 Å². The van der Waals surface area contributed by atoms with E-state index in [4.69, 9.17) is 11.6 Å². The molecule has 0 saturated carbocycles. The number of halogens is 3. The van der Waals surface area contributed by atoms with E-state index in [-0.39, 0.29) is 5.88 Å². The van der Waals surface area contributed by atoms with Crippen molar-refractivity contribution in [2.45, 2.75) is 13.5 Å². The molecule has 4 rings (SSSR count). The lowest BCUT2D eigenvalue weighted by Crippen LogP contribution is -2.04. The molecule has 0 bridgehead atoms. The minimum absolute atomic E-state index is 0.215. The number of fused-ring (bicyclic) bond motifs is 1. The van der Waals surface area contributed by atoms with E-state index in [1.807, 2.05) is 37.3 Å². The molecule has 4 nitrogen and oxygen atoms in total. The van der Waals surface area contributed by atoms with Crippen molar-refractivity contribution in [3.05, 3.63) is 59.4 Å². The Morgan fingerprint density at radius 2 is 1.96 bits per heavy atom. The summed E-state index contributed by atoms with van der Waals surface area (Å²) in [6.07, 6.45) is 2.97. The maximum Gasteiger partial charge on any atom is 0.388 e. The van der Waals surface area contributed by atoms with Crippen molar-refractivity contribution in [3.8, 4) is 26.9 Å². The summed E-state index contributed by atoms with van der Waals surface area (Å²) in [5.41, 5.74) is 3.73. The molecule has 0 aliphatic carbocycles. The normalized spacial score (nSPS) is 11.3. The third kappa shape index (κ3) is 3.74. The molecule has 27 heavy (non-hydrogen) atoms. The van der Waals surface area contributed by atoms with E-state index in [0.717, 1.165) is 26.6 Å². The van der Waals surface area contributed by atoms with Crippen molar-refractivity contribution in [1.82, 2.24) is 15.0 Å². The van der Waals surface area contributed by atoms with Gasteiger partial charge in [-0.3, -0.25) is 0 Å². The molecule has 0 atom stereocenters. The smallest absolute Gasteiger partial charge is 0.388 e. The average molecular weight is 404 g/mol. The van der Waals surface area contributed by atoms with Gasteiger partial charge in [-0.25, -0.2) is 15.0 Å². The van der Waals surface area contributed by atoms with E-state index in [1.54, 1.807) is 12.3 Å². The Morgan fingerprint density at radius 1 is 1.11 bits per heavy atom. The van der Waals surface area contributed by atoms with Gasteiger partial charge in [0.05, 0.1) is 22.1 Å². The van der Waals surface area contributed by atoms with Crippen LogP contribution in [-0.4, -0.2) is 21.6 Å². The maximum atomic E-state index is 12.4. The summed E-state index contributed by atoms with van der Waals surface area (Å²) in [5.74, 6) is -0.215. The molecule has 0 amide bonds. The lowest BCUT2D eigenvalue weighted by atomic mass is 10.1. The summed E-state index contributed by atoms with van der Waals surface area (Å²) in [7, 11) is 0. The number of alkyl halides is 2. The Hall–Kier alpha value is -2.64. The number of rotatable bonds is 4. The molecular weight excluding hydrogens is 392 g/mol. The SMILES string of the molecule is Cc1cc(-c2ncc(-c3cccc(Cl)c3)s2)c2ncc(OC(F)F)nc2c1. The molecule has 4 aromatic rings. The number of hydrogen-bond acceptors (Lipinski definition) is 5.